The van der Waals surface area contributed by atoms with Crippen molar-refractivity contribution in [3.05, 3.63) is 29.8 Å². The number of hydrogen-bond acceptors (Lipinski definition) is 3. The van der Waals surface area contributed by atoms with Crippen LogP contribution in [0.1, 0.15) is 43.0 Å². The first-order valence-electron chi connectivity index (χ1n) is 7.28. The Morgan fingerprint density at radius 3 is 2.40 bits per heavy atom. The monoisotopic (exact) mass is 279 g/mol. The predicted molar refractivity (Wildman–Crippen MR) is 80.5 cm³/mol. The molecule has 0 aromatic heterocycles. The Morgan fingerprint density at radius 2 is 1.80 bits per heavy atom. The number of benzene rings is 1. The van der Waals surface area contributed by atoms with Crippen molar-refractivity contribution in [3.8, 4) is 5.75 Å². The minimum atomic E-state index is -0.912. The van der Waals surface area contributed by atoms with E-state index in [1.165, 1.54) is 19.3 Å². The van der Waals surface area contributed by atoms with E-state index in [2.05, 4.69) is 18.9 Å². The Kier molecular flexibility index (Phi) is 7.73. The second-order valence-electron chi connectivity index (χ2n) is 5.04. The summed E-state index contributed by atoms with van der Waals surface area (Å²) in [6.45, 7) is 5.03. The molecule has 1 aromatic rings. The molecule has 0 fully saturated rings. The molecule has 1 rings (SSSR count). The molecule has 112 valence electrons. The molecule has 0 aliphatic rings. The minimum Gasteiger partial charge on any atom is -0.494 e. The normalized spacial score (nSPS) is 10.8. The molecule has 0 saturated carbocycles. The maximum atomic E-state index is 10.7. The van der Waals surface area contributed by atoms with Gasteiger partial charge >= 0.3 is 5.97 Å². The van der Waals surface area contributed by atoms with Gasteiger partial charge in [0.15, 0.2) is 0 Å². The van der Waals surface area contributed by atoms with Crippen molar-refractivity contribution in [2.75, 3.05) is 26.7 Å². The number of ether oxygens (including phenoxy) is 1. The first-order chi connectivity index (χ1) is 9.63. The van der Waals surface area contributed by atoms with Gasteiger partial charge in [-0.25, -0.2) is 4.79 Å². The fraction of sp³-hybridized carbons (Fsp3) is 0.562. The van der Waals surface area contributed by atoms with Crippen LogP contribution >= 0.6 is 0 Å². The van der Waals surface area contributed by atoms with Crippen LogP contribution < -0.4 is 4.74 Å². The topological polar surface area (TPSA) is 49.8 Å². The van der Waals surface area contributed by atoms with E-state index < -0.39 is 5.97 Å². The molecule has 0 radical (unpaired) electrons. The van der Waals surface area contributed by atoms with Crippen molar-refractivity contribution in [1.82, 2.24) is 4.90 Å². The number of carbonyl (C=O) groups is 1. The number of unbranched alkanes of at least 4 members (excludes halogenated alkanes) is 2. The van der Waals surface area contributed by atoms with Gasteiger partial charge < -0.3 is 14.7 Å². The van der Waals surface area contributed by atoms with Crippen LogP contribution in [0.15, 0.2) is 24.3 Å². The summed E-state index contributed by atoms with van der Waals surface area (Å²) >= 11 is 0. The molecule has 0 saturated heterocycles. The Balaban J connectivity index is 2.16. The fourth-order valence-corrected chi connectivity index (χ4v) is 1.96. The van der Waals surface area contributed by atoms with Crippen molar-refractivity contribution < 1.29 is 14.6 Å². The first-order valence-corrected chi connectivity index (χ1v) is 7.28. The first kappa shape index (κ1) is 16.5. The van der Waals surface area contributed by atoms with Gasteiger partial charge in [-0.3, -0.25) is 0 Å². The molecule has 0 aliphatic heterocycles. The number of carboxylic acid groups (broad SMARTS) is 1. The molecule has 0 unspecified atom stereocenters. The van der Waals surface area contributed by atoms with Gasteiger partial charge in [0, 0.05) is 6.54 Å². The lowest BCUT2D eigenvalue weighted by molar-refractivity contribution is 0.0697. The number of rotatable bonds is 10. The summed E-state index contributed by atoms with van der Waals surface area (Å²) in [7, 11) is 2.14. The molecule has 0 bridgehead atoms. The summed E-state index contributed by atoms with van der Waals surface area (Å²) < 4.78 is 5.60. The highest BCUT2D eigenvalue weighted by atomic mass is 16.5. The molecule has 4 heteroatoms. The lowest BCUT2D eigenvalue weighted by Gasteiger charge is -2.16. The average Bonchev–Trinajstić information content (AvgIpc) is 2.44. The summed E-state index contributed by atoms with van der Waals surface area (Å²) in [6.07, 6.45) is 4.77. The molecule has 0 heterocycles. The Labute approximate surface area is 121 Å². The van der Waals surface area contributed by atoms with Gasteiger partial charge in [0.25, 0.3) is 0 Å². The molecule has 1 N–H and O–H groups in total. The van der Waals surface area contributed by atoms with Crippen LogP contribution in [0.3, 0.4) is 0 Å². The Morgan fingerprint density at radius 1 is 1.15 bits per heavy atom. The van der Waals surface area contributed by atoms with E-state index in [0.29, 0.717) is 6.61 Å². The maximum absolute atomic E-state index is 10.7. The number of aromatic carboxylic acids is 1. The summed E-state index contributed by atoms with van der Waals surface area (Å²) in [4.78, 5) is 13.0. The molecule has 20 heavy (non-hydrogen) atoms. The zero-order valence-electron chi connectivity index (χ0n) is 12.5. The van der Waals surface area contributed by atoms with Gasteiger partial charge in [-0.1, -0.05) is 19.8 Å². The van der Waals surface area contributed by atoms with E-state index in [9.17, 15) is 4.79 Å². The SMILES string of the molecule is CCCCCN(C)CCCOc1ccc(C(=O)O)cc1. The fourth-order valence-electron chi connectivity index (χ4n) is 1.96. The van der Waals surface area contributed by atoms with E-state index in [-0.39, 0.29) is 5.56 Å². The third-order valence-electron chi connectivity index (χ3n) is 3.20. The number of hydrogen-bond donors (Lipinski definition) is 1. The molecular weight excluding hydrogens is 254 g/mol. The van der Waals surface area contributed by atoms with Gasteiger partial charge in [0.2, 0.25) is 0 Å². The van der Waals surface area contributed by atoms with Crippen LogP contribution in [0.2, 0.25) is 0 Å². The molecule has 0 spiro atoms. The van der Waals surface area contributed by atoms with Crippen LogP contribution in [0.5, 0.6) is 5.75 Å². The molecule has 0 aliphatic carbocycles. The zero-order valence-corrected chi connectivity index (χ0v) is 12.5. The highest BCUT2D eigenvalue weighted by molar-refractivity contribution is 5.87. The van der Waals surface area contributed by atoms with Crippen LogP contribution in [0.25, 0.3) is 0 Å². The third-order valence-corrected chi connectivity index (χ3v) is 3.20. The van der Waals surface area contributed by atoms with E-state index in [0.717, 1.165) is 25.3 Å². The average molecular weight is 279 g/mol. The summed E-state index contributed by atoms with van der Waals surface area (Å²) in [5.41, 5.74) is 0.285. The number of carboxylic acids is 1. The largest absolute Gasteiger partial charge is 0.494 e. The van der Waals surface area contributed by atoms with Crippen LogP contribution in [-0.4, -0.2) is 42.7 Å². The highest BCUT2D eigenvalue weighted by Gasteiger charge is 2.02. The predicted octanol–water partition coefficient (Wildman–Crippen LogP) is 3.28. The van der Waals surface area contributed by atoms with E-state index in [4.69, 9.17) is 9.84 Å². The third kappa shape index (κ3) is 6.57. The molecular formula is C16H25NO3. The second-order valence-corrected chi connectivity index (χ2v) is 5.04. The number of nitrogens with zero attached hydrogens (tertiary/aromatic N) is 1. The van der Waals surface area contributed by atoms with Crippen LogP contribution in [-0.2, 0) is 0 Å². The van der Waals surface area contributed by atoms with Gasteiger partial charge in [0.1, 0.15) is 5.75 Å². The zero-order chi connectivity index (χ0) is 14.8. The quantitative estimate of drug-likeness (QED) is 0.668. The minimum absolute atomic E-state index is 0.285. The molecule has 1 aromatic carbocycles. The molecule has 4 nitrogen and oxygen atoms in total. The summed E-state index contributed by atoms with van der Waals surface area (Å²) in [5, 5.41) is 8.79. The van der Waals surface area contributed by atoms with Crippen LogP contribution in [0.4, 0.5) is 0 Å². The summed E-state index contributed by atoms with van der Waals surface area (Å²) in [6, 6.07) is 6.53. The van der Waals surface area contributed by atoms with Crippen molar-refractivity contribution in [3.63, 3.8) is 0 Å². The van der Waals surface area contributed by atoms with E-state index in [1.807, 2.05) is 0 Å². The second kappa shape index (κ2) is 9.37. The Hall–Kier alpha value is -1.55. The lowest BCUT2D eigenvalue weighted by Crippen LogP contribution is -2.22. The van der Waals surface area contributed by atoms with Gasteiger partial charge in [0.05, 0.1) is 12.2 Å². The van der Waals surface area contributed by atoms with Gasteiger partial charge in [-0.15, -0.1) is 0 Å². The maximum Gasteiger partial charge on any atom is 0.335 e. The van der Waals surface area contributed by atoms with Crippen molar-refractivity contribution in [2.24, 2.45) is 0 Å². The van der Waals surface area contributed by atoms with E-state index in [1.54, 1.807) is 24.3 Å². The lowest BCUT2D eigenvalue weighted by atomic mass is 10.2. The standard InChI is InChI=1S/C16H25NO3/c1-3-4-5-11-17(2)12-6-13-20-15-9-7-14(8-10-15)16(18)19/h7-10H,3-6,11-13H2,1-2H3,(H,18,19). The molecule has 0 amide bonds. The highest BCUT2D eigenvalue weighted by Crippen LogP contribution is 2.12. The smallest absolute Gasteiger partial charge is 0.335 e. The van der Waals surface area contributed by atoms with Crippen molar-refractivity contribution in [1.29, 1.82) is 0 Å². The molecule has 0 atom stereocenters. The van der Waals surface area contributed by atoms with Crippen molar-refractivity contribution >= 4 is 5.97 Å². The van der Waals surface area contributed by atoms with Crippen molar-refractivity contribution in [2.45, 2.75) is 32.6 Å². The Bertz CT molecular complexity index is 389. The van der Waals surface area contributed by atoms with Gasteiger partial charge in [-0.05, 0) is 50.7 Å². The van der Waals surface area contributed by atoms with Gasteiger partial charge in [-0.2, -0.15) is 0 Å². The van der Waals surface area contributed by atoms with E-state index >= 15 is 0 Å². The van der Waals surface area contributed by atoms with Crippen LogP contribution in [0, 0.1) is 0 Å². The summed E-state index contributed by atoms with van der Waals surface area (Å²) in [5.74, 6) is -0.186.